The number of anilines is 6. The molecule has 2 aliphatic rings. The Labute approximate surface area is 413 Å². The first-order valence-electron chi connectivity index (χ1n) is 24.5. The van der Waals surface area contributed by atoms with Crippen LogP contribution < -0.4 is 9.80 Å². The van der Waals surface area contributed by atoms with E-state index < -0.39 is 0 Å². The van der Waals surface area contributed by atoms with Gasteiger partial charge in [-0.2, -0.15) is 0 Å². The number of Topliss-reactive ketones (excluding diaryl/α,β-unsaturated/α-hetero) is 1. The number of methoxy groups -OCH3 is 1. The van der Waals surface area contributed by atoms with Gasteiger partial charge in [0, 0.05) is 64.9 Å². The second-order valence-corrected chi connectivity index (χ2v) is 19.8. The van der Waals surface area contributed by atoms with Gasteiger partial charge >= 0.3 is 5.97 Å². The second-order valence-electron chi connectivity index (χ2n) is 19.8. The van der Waals surface area contributed by atoms with Gasteiger partial charge in [0.25, 0.3) is 0 Å². The summed E-state index contributed by atoms with van der Waals surface area (Å²) in [6, 6.07) is 66.2. The van der Waals surface area contributed by atoms with Gasteiger partial charge in [-0.15, -0.1) is 0 Å². The van der Waals surface area contributed by atoms with Crippen LogP contribution in [0.1, 0.15) is 80.8 Å². The number of ether oxygens (including phenoxy) is 2. The van der Waals surface area contributed by atoms with E-state index in [0.29, 0.717) is 25.9 Å². The van der Waals surface area contributed by atoms with Gasteiger partial charge in [-0.25, -0.2) is 0 Å². The lowest BCUT2D eigenvalue weighted by Crippen LogP contribution is -2.16. The van der Waals surface area contributed by atoms with Crippen LogP contribution >= 0.6 is 0 Å². The van der Waals surface area contributed by atoms with E-state index >= 15 is 0 Å². The van der Waals surface area contributed by atoms with Gasteiger partial charge in [-0.1, -0.05) is 137 Å². The Bertz CT molecular complexity index is 3200. The summed E-state index contributed by atoms with van der Waals surface area (Å²) in [5.41, 5.74) is 21.0. The van der Waals surface area contributed by atoms with E-state index in [2.05, 4.69) is 219 Å². The van der Waals surface area contributed by atoms with E-state index in [4.69, 9.17) is 9.47 Å². The minimum absolute atomic E-state index is 0.135. The normalized spacial score (nSPS) is 13.5. The summed E-state index contributed by atoms with van der Waals surface area (Å²) in [4.78, 5) is 28.9. The summed E-state index contributed by atoms with van der Waals surface area (Å²) in [6.45, 7) is 11.6. The summed E-state index contributed by atoms with van der Waals surface area (Å²) in [5.74, 6) is -0.0217. The smallest absolute Gasteiger partial charge is 0.306 e. The average molecular weight is 921 g/mol. The van der Waals surface area contributed by atoms with Crippen LogP contribution in [0.25, 0.3) is 33.4 Å². The molecule has 0 saturated heterocycles. The van der Waals surface area contributed by atoms with E-state index in [9.17, 15) is 9.59 Å². The van der Waals surface area contributed by atoms with E-state index in [1.165, 1.54) is 44.5 Å². The molecule has 0 aromatic heterocycles. The standard InChI is InChI=1S/C64H60N2O4/c1-43(67)15-16-44-17-26-48(27-18-44)65(52-34-36-56-54-11-7-9-13-58(54)63(2,3)60(56)41-52)50-30-22-46(23-31-50)47-24-32-51(33-25-47)66(49-28-19-45(20-29-49)21-38-62(68)70-40-39-69-6)53-35-37-57-55-12-8-10-14-59(55)64(4,5)61(57)42-53/h7-14,17-20,22-37,41-42H,15-16,21,38-40H2,1-6H3. The van der Waals surface area contributed by atoms with Crippen molar-refractivity contribution in [2.45, 2.75) is 71.1 Å². The molecule has 0 amide bonds. The molecular weight excluding hydrogens is 861 g/mol. The molecule has 0 aliphatic heterocycles. The van der Waals surface area contributed by atoms with Crippen molar-refractivity contribution in [1.82, 2.24) is 0 Å². The van der Waals surface area contributed by atoms with Crippen LogP contribution in [0.15, 0.2) is 182 Å². The Morgan fingerprint density at radius 2 is 0.800 bits per heavy atom. The highest BCUT2D eigenvalue weighted by atomic mass is 16.6. The lowest BCUT2D eigenvalue weighted by molar-refractivity contribution is -0.144. The molecule has 0 heterocycles. The number of esters is 1. The van der Waals surface area contributed by atoms with Crippen molar-refractivity contribution in [1.29, 1.82) is 0 Å². The van der Waals surface area contributed by atoms with Crippen LogP contribution in [0.2, 0.25) is 0 Å². The van der Waals surface area contributed by atoms with Crippen LogP contribution in [-0.2, 0) is 42.7 Å². The molecule has 8 aromatic rings. The van der Waals surface area contributed by atoms with Crippen LogP contribution in [0, 0.1) is 0 Å². The molecule has 0 N–H and O–H groups in total. The zero-order valence-corrected chi connectivity index (χ0v) is 41.1. The van der Waals surface area contributed by atoms with Crippen LogP contribution in [0.4, 0.5) is 34.1 Å². The number of ketones is 1. The Hall–Kier alpha value is -7.54. The highest BCUT2D eigenvalue weighted by Gasteiger charge is 2.37. The zero-order valence-electron chi connectivity index (χ0n) is 41.1. The predicted molar refractivity (Wildman–Crippen MR) is 287 cm³/mol. The maximum Gasteiger partial charge on any atom is 0.306 e. The summed E-state index contributed by atoms with van der Waals surface area (Å²) in [6.07, 6.45) is 2.17. The maximum absolute atomic E-state index is 12.4. The molecule has 0 atom stereocenters. The second kappa shape index (κ2) is 19.1. The first-order chi connectivity index (χ1) is 33.9. The Kier molecular flexibility index (Phi) is 12.6. The van der Waals surface area contributed by atoms with Crippen LogP contribution in [0.5, 0.6) is 0 Å². The molecule has 350 valence electrons. The number of carbonyl (C=O) groups is 2. The van der Waals surface area contributed by atoms with Gasteiger partial charge in [-0.05, 0) is 159 Å². The van der Waals surface area contributed by atoms with Gasteiger partial charge in [0.1, 0.15) is 12.4 Å². The zero-order chi connectivity index (χ0) is 48.6. The van der Waals surface area contributed by atoms with E-state index in [0.717, 1.165) is 62.8 Å². The van der Waals surface area contributed by atoms with E-state index in [-0.39, 0.29) is 29.2 Å². The molecule has 0 spiro atoms. The quantitative estimate of drug-likeness (QED) is 0.0711. The Morgan fingerprint density at radius 3 is 1.21 bits per heavy atom. The van der Waals surface area contributed by atoms with Gasteiger partial charge in [0.15, 0.2) is 0 Å². The van der Waals surface area contributed by atoms with Gasteiger partial charge in [0.2, 0.25) is 0 Å². The minimum Gasteiger partial charge on any atom is -0.463 e. The first kappa shape index (κ1) is 46.2. The van der Waals surface area contributed by atoms with Gasteiger partial charge in [-0.3, -0.25) is 4.79 Å². The predicted octanol–water partition coefficient (Wildman–Crippen LogP) is 15.5. The fourth-order valence-corrected chi connectivity index (χ4v) is 10.7. The van der Waals surface area contributed by atoms with Crippen molar-refractivity contribution in [3.63, 3.8) is 0 Å². The molecule has 0 bridgehead atoms. The van der Waals surface area contributed by atoms with Crippen molar-refractivity contribution in [2.24, 2.45) is 0 Å². The number of benzene rings is 8. The maximum atomic E-state index is 12.4. The number of carbonyl (C=O) groups excluding carboxylic acids is 2. The average Bonchev–Trinajstić information content (AvgIpc) is 3.75. The molecule has 2 aliphatic carbocycles. The lowest BCUT2D eigenvalue weighted by atomic mass is 9.82. The largest absolute Gasteiger partial charge is 0.463 e. The van der Waals surface area contributed by atoms with Crippen molar-refractivity contribution in [3.8, 4) is 33.4 Å². The molecule has 70 heavy (non-hydrogen) atoms. The minimum atomic E-state index is -0.223. The molecular formula is C64H60N2O4. The van der Waals surface area contributed by atoms with Crippen molar-refractivity contribution >= 4 is 45.9 Å². The highest BCUT2D eigenvalue weighted by Crippen LogP contribution is 2.52. The Morgan fingerprint density at radius 1 is 0.429 bits per heavy atom. The van der Waals surface area contributed by atoms with E-state index in [1.54, 1.807) is 14.0 Å². The SMILES string of the molecule is COCCOC(=O)CCc1ccc(N(c2ccc(-c3ccc(N(c4ccc(CCC(C)=O)cc4)c4ccc5c(c4)C(C)(C)c4ccccc4-5)cc3)cc2)c2ccc3c(c2)C(C)(C)c2ccccc2-3)cc1. The third kappa shape index (κ3) is 8.84. The third-order valence-electron chi connectivity index (χ3n) is 14.6. The Balaban J connectivity index is 0.966. The fraction of sp³-hybridized carbons (Fsp3) is 0.219. The van der Waals surface area contributed by atoms with E-state index in [1.807, 2.05) is 0 Å². The molecule has 0 unspecified atom stereocenters. The summed E-state index contributed by atoms with van der Waals surface area (Å²) in [7, 11) is 1.60. The third-order valence-corrected chi connectivity index (χ3v) is 14.6. The topological polar surface area (TPSA) is 59.1 Å². The van der Waals surface area contributed by atoms with Crippen LogP contribution in [0.3, 0.4) is 0 Å². The molecule has 8 aromatic carbocycles. The molecule has 0 fully saturated rings. The molecule has 0 saturated carbocycles. The number of aryl methyl sites for hydroxylation is 2. The highest BCUT2D eigenvalue weighted by molar-refractivity contribution is 5.88. The van der Waals surface area contributed by atoms with Crippen molar-refractivity contribution in [2.75, 3.05) is 30.1 Å². The monoisotopic (exact) mass is 920 g/mol. The number of hydrogen-bond acceptors (Lipinski definition) is 6. The fourth-order valence-electron chi connectivity index (χ4n) is 10.7. The lowest BCUT2D eigenvalue weighted by Gasteiger charge is -2.29. The van der Waals surface area contributed by atoms with Crippen molar-refractivity contribution in [3.05, 3.63) is 215 Å². The summed E-state index contributed by atoms with van der Waals surface area (Å²) >= 11 is 0. The van der Waals surface area contributed by atoms with Gasteiger partial charge < -0.3 is 24.1 Å². The molecule has 0 radical (unpaired) electrons. The molecule has 6 nitrogen and oxygen atoms in total. The number of hydrogen-bond donors (Lipinski definition) is 0. The number of rotatable bonds is 16. The first-order valence-corrected chi connectivity index (χ1v) is 24.5. The summed E-state index contributed by atoms with van der Waals surface area (Å²) < 4.78 is 10.3. The number of fused-ring (bicyclic) bond motifs is 6. The molecule has 10 rings (SSSR count). The van der Waals surface area contributed by atoms with Crippen molar-refractivity contribution < 1.29 is 19.1 Å². The molecule has 6 heteroatoms. The van der Waals surface area contributed by atoms with Crippen LogP contribution in [-0.4, -0.2) is 32.1 Å². The summed E-state index contributed by atoms with van der Waals surface area (Å²) in [5, 5.41) is 0. The number of nitrogens with zero attached hydrogens (tertiary/aromatic N) is 2. The van der Waals surface area contributed by atoms with Gasteiger partial charge in [0.05, 0.1) is 6.61 Å².